The first-order valence-corrected chi connectivity index (χ1v) is 7.77. The first-order chi connectivity index (χ1) is 9.09. The molecule has 0 N–H and O–H groups in total. The maximum absolute atomic E-state index is 12.6. The molecule has 0 amide bonds. The number of ketones is 2. The minimum atomic E-state index is -0.177. The standard InChI is InChI=1S/C18H32O2/c1-8-9-10-15(13(2)3)12-17(20)16(11-14(4)19)18(5,6)7/h15-16H,2,8-12H2,1,3-7H3. The number of rotatable bonds is 9. The maximum Gasteiger partial charge on any atom is 0.137 e. The highest BCUT2D eigenvalue weighted by atomic mass is 16.1. The fourth-order valence-corrected chi connectivity index (χ4v) is 2.55. The fourth-order valence-electron chi connectivity index (χ4n) is 2.55. The molecule has 2 atom stereocenters. The summed E-state index contributed by atoms with van der Waals surface area (Å²) in [6.07, 6.45) is 4.17. The van der Waals surface area contributed by atoms with Gasteiger partial charge in [0.25, 0.3) is 0 Å². The number of carbonyl (C=O) groups is 2. The summed E-state index contributed by atoms with van der Waals surface area (Å²) in [7, 11) is 0. The van der Waals surface area contributed by atoms with E-state index in [4.69, 9.17) is 0 Å². The SMILES string of the molecule is C=C(C)C(CCCC)CC(=O)C(CC(C)=O)C(C)(C)C. The fraction of sp³-hybridized carbons (Fsp3) is 0.778. The monoisotopic (exact) mass is 280 g/mol. The van der Waals surface area contributed by atoms with Crippen molar-refractivity contribution >= 4 is 11.6 Å². The molecule has 20 heavy (non-hydrogen) atoms. The summed E-state index contributed by atoms with van der Waals surface area (Å²) in [5.74, 6) is 0.401. The molecule has 2 heteroatoms. The lowest BCUT2D eigenvalue weighted by Crippen LogP contribution is -2.31. The van der Waals surface area contributed by atoms with Crippen LogP contribution in [0.4, 0.5) is 0 Å². The largest absolute Gasteiger partial charge is 0.300 e. The molecule has 0 aromatic carbocycles. The summed E-state index contributed by atoms with van der Waals surface area (Å²) in [6, 6.07) is 0. The summed E-state index contributed by atoms with van der Waals surface area (Å²) < 4.78 is 0. The number of hydrogen-bond acceptors (Lipinski definition) is 2. The van der Waals surface area contributed by atoms with Crippen LogP contribution in [0.1, 0.15) is 73.6 Å². The zero-order chi connectivity index (χ0) is 15.9. The molecule has 0 bridgehead atoms. The normalized spacial score (nSPS) is 14.7. The number of unbranched alkanes of at least 4 members (excludes halogenated alkanes) is 1. The summed E-state index contributed by atoms with van der Waals surface area (Å²) in [5, 5.41) is 0. The van der Waals surface area contributed by atoms with Gasteiger partial charge in [0.1, 0.15) is 11.6 Å². The molecule has 0 heterocycles. The topological polar surface area (TPSA) is 34.1 Å². The average molecular weight is 280 g/mol. The Balaban J connectivity index is 4.88. The first kappa shape index (κ1) is 19.1. The number of allylic oxidation sites excluding steroid dienone is 1. The highest BCUT2D eigenvalue weighted by molar-refractivity contribution is 5.87. The number of hydrogen-bond donors (Lipinski definition) is 0. The predicted octanol–water partition coefficient (Wildman–Crippen LogP) is 4.97. The van der Waals surface area contributed by atoms with Gasteiger partial charge in [0.2, 0.25) is 0 Å². The van der Waals surface area contributed by atoms with Gasteiger partial charge in [-0.3, -0.25) is 4.79 Å². The van der Waals surface area contributed by atoms with Gasteiger partial charge < -0.3 is 4.79 Å². The Morgan fingerprint density at radius 3 is 2.00 bits per heavy atom. The molecule has 0 saturated carbocycles. The summed E-state index contributed by atoms with van der Waals surface area (Å²) in [5.41, 5.74) is 0.926. The molecule has 0 spiro atoms. The van der Waals surface area contributed by atoms with Gasteiger partial charge in [0, 0.05) is 18.8 Å². The van der Waals surface area contributed by atoms with E-state index in [-0.39, 0.29) is 28.8 Å². The van der Waals surface area contributed by atoms with Crippen LogP contribution in [0.25, 0.3) is 0 Å². The van der Waals surface area contributed by atoms with Crippen LogP contribution in [0, 0.1) is 17.3 Å². The van der Waals surface area contributed by atoms with E-state index in [1.54, 1.807) is 6.92 Å². The molecule has 0 saturated heterocycles. The molecule has 0 aliphatic heterocycles. The van der Waals surface area contributed by atoms with E-state index in [9.17, 15) is 9.59 Å². The van der Waals surface area contributed by atoms with Gasteiger partial charge in [-0.2, -0.15) is 0 Å². The Hall–Kier alpha value is -0.920. The Morgan fingerprint density at radius 2 is 1.65 bits per heavy atom. The van der Waals surface area contributed by atoms with Gasteiger partial charge in [0.05, 0.1) is 0 Å². The van der Waals surface area contributed by atoms with Crippen LogP contribution in [-0.2, 0) is 9.59 Å². The third-order valence-electron chi connectivity index (χ3n) is 3.98. The lowest BCUT2D eigenvalue weighted by atomic mass is 9.73. The Bertz CT molecular complexity index is 347. The Labute approximate surface area is 125 Å². The summed E-state index contributed by atoms with van der Waals surface area (Å²) in [6.45, 7) is 15.9. The van der Waals surface area contributed by atoms with Crippen molar-refractivity contribution in [3.8, 4) is 0 Å². The lowest BCUT2D eigenvalue weighted by molar-refractivity contribution is -0.131. The number of Topliss-reactive ketones (excluding diaryl/α,β-unsaturated/α-hetero) is 2. The highest BCUT2D eigenvalue weighted by Gasteiger charge is 2.33. The second-order valence-electron chi connectivity index (χ2n) is 7.18. The quantitative estimate of drug-likeness (QED) is 0.559. The van der Waals surface area contributed by atoms with Gasteiger partial charge >= 0.3 is 0 Å². The third kappa shape index (κ3) is 7.02. The van der Waals surface area contributed by atoms with Crippen LogP contribution in [0.5, 0.6) is 0 Å². The minimum Gasteiger partial charge on any atom is -0.300 e. The van der Waals surface area contributed by atoms with Gasteiger partial charge in [0.15, 0.2) is 0 Å². The van der Waals surface area contributed by atoms with Gasteiger partial charge in [-0.1, -0.05) is 52.7 Å². The minimum absolute atomic E-state index is 0.0960. The van der Waals surface area contributed by atoms with Crippen molar-refractivity contribution in [2.75, 3.05) is 0 Å². The number of carbonyl (C=O) groups excluding carboxylic acids is 2. The molecular weight excluding hydrogens is 248 g/mol. The van der Waals surface area contributed by atoms with Crippen LogP contribution >= 0.6 is 0 Å². The molecule has 116 valence electrons. The van der Waals surface area contributed by atoms with E-state index < -0.39 is 0 Å². The predicted molar refractivity (Wildman–Crippen MR) is 85.7 cm³/mol. The summed E-state index contributed by atoms with van der Waals surface area (Å²) in [4.78, 5) is 24.0. The first-order valence-electron chi connectivity index (χ1n) is 7.77. The Morgan fingerprint density at radius 1 is 1.10 bits per heavy atom. The second kappa shape index (κ2) is 8.39. The van der Waals surface area contributed by atoms with Crippen LogP contribution in [-0.4, -0.2) is 11.6 Å². The maximum atomic E-state index is 12.6. The van der Waals surface area contributed by atoms with E-state index in [2.05, 4.69) is 13.5 Å². The molecule has 0 aromatic rings. The van der Waals surface area contributed by atoms with E-state index in [0.29, 0.717) is 12.8 Å². The molecule has 0 aliphatic carbocycles. The molecular formula is C18H32O2. The van der Waals surface area contributed by atoms with Crippen LogP contribution < -0.4 is 0 Å². The van der Waals surface area contributed by atoms with Crippen molar-refractivity contribution in [3.05, 3.63) is 12.2 Å². The van der Waals surface area contributed by atoms with Crippen LogP contribution in [0.15, 0.2) is 12.2 Å². The molecule has 0 rings (SSSR count). The van der Waals surface area contributed by atoms with Gasteiger partial charge in [-0.05, 0) is 31.6 Å². The van der Waals surface area contributed by atoms with Crippen molar-refractivity contribution in [1.29, 1.82) is 0 Å². The van der Waals surface area contributed by atoms with Crippen molar-refractivity contribution in [2.24, 2.45) is 17.3 Å². The molecule has 2 unspecified atom stereocenters. The van der Waals surface area contributed by atoms with Gasteiger partial charge in [-0.15, -0.1) is 0 Å². The third-order valence-corrected chi connectivity index (χ3v) is 3.98. The molecule has 0 radical (unpaired) electrons. The molecule has 0 aromatic heterocycles. The molecule has 2 nitrogen and oxygen atoms in total. The van der Waals surface area contributed by atoms with E-state index in [1.165, 1.54) is 0 Å². The van der Waals surface area contributed by atoms with E-state index in [0.717, 1.165) is 24.8 Å². The molecule has 0 fully saturated rings. The highest BCUT2D eigenvalue weighted by Crippen LogP contribution is 2.33. The van der Waals surface area contributed by atoms with Crippen molar-refractivity contribution in [2.45, 2.75) is 73.6 Å². The zero-order valence-corrected chi connectivity index (χ0v) is 14.2. The summed E-state index contributed by atoms with van der Waals surface area (Å²) >= 11 is 0. The van der Waals surface area contributed by atoms with Crippen molar-refractivity contribution < 1.29 is 9.59 Å². The molecule has 0 aliphatic rings. The van der Waals surface area contributed by atoms with E-state index >= 15 is 0 Å². The second-order valence-corrected chi connectivity index (χ2v) is 7.18. The smallest absolute Gasteiger partial charge is 0.137 e. The Kier molecular flexibility index (Phi) is 8.00. The van der Waals surface area contributed by atoms with E-state index in [1.807, 2.05) is 27.7 Å². The van der Waals surface area contributed by atoms with Crippen molar-refractivity contribution in [1.82, 2.24) is 0 Å². The van der Waals surface area contributed by atoms with Crippen LogP contribution in [0.3, 0.4) is 0 Å². The van der Waals surface area contributed by atoms with Crippen molar-refractivity contribution in [3.63, 3.8) is 0 Å². The van der Waals surface area contributed by atoms with Gasteiger partial charge in [-0.25, -0.2) is 0 Å². The van der Waals surface area contributed by atoms with Crippen LogP contribution in [0.2, 0.25) is 0 Å². The lowest BCUT2D eigenvalue weighted by Gasteiger charge is -2.30. The zero-order valence-electron chi connectivity index (χ0n) is 14.2. The average Bonchev–Trinajstić information content (AvgIpc) is 2.29.